The highest BCUT2D eigenvalue weighted by molar-refractivity contribution is 5.95. The van der Waals surface area contributed by atoms with Gasteiger partial charge in [0.1, 0.15) is 0 Å². The Morgan fingerprint density at radius 3 is 2.57 bits per heavy atom. The Labute approximate surface area is 162 Å². The van der Waals surface area contributed by atoms with Gasteiger partial charge in [-0.3, -0.25) is 24.7 Å². The van der Waals surface area contributed by atoms with Crippen LogP contribution in [0.3, 0.4) is 0 Å². The van der Waals surface area contributed by atoms with Crippen LogP contribution in [-0.4, -0.2) is 47.4 Å². The highest BCUT2D eigenvalue weighted by atomic mass is 16.6. The molecule has 0 radical (unpaired) electrons. The van der Waals surface area contributed by atoms with E-state index in [4.69, 9.17) is 9.47 Å². The average molecular weight is 387 g/mol. The molecule has 9 heteroatoms. The number of pyridine rings is 1. The third-order valence-corrected chi connectivity index (χ3v) is 4.09. The zero-order chi connectivity index (χ0) is 20.7. The highest BCUT2D eigenvalue weighted by Crippen LogP contribution is 2.28. The lowest BCUT2D eigenvalue weighted by atomic mass is 10.1. The van der Waals surface area contributed by atoms with Crippen LogP contribution in [-0.2, 0) is 16.1 Å². The Hall–Kier alpha value is -3.49. The van der Waals surface area contributed by atoms with Gasteiger partial charge in [0, 0.05) is 24.4 Å². The summed E-state index contributed by atoms with van der Waals surface area (Å²) in [6, 6.07) is 9.26. The SMILES string of the molecule is COC(=O)C(C)CN(Cc1ccccn1)C(=O)c1ccc(OC)c([N+](=O)[O-])c1. The highest BCUT2D eigenvalue weighted by Gasteiger charge is 2.25. The summed E-state index contributed by atoms with van der Waals surface area (Å²) in [7, 11) is 2.59. The van der Waals surface area contributed by atoms with Gasteiger partial charge in [0.05, 0.1) is 37.3 Å². The summed E-state index contributed by atoms with van der Waals surface area (Å²) in [5, 5.41) is 11.3. The van der Waals surface area contributed by atoms with Crippen LogP contribution < -0.4 is 4.74 Å². The Morgan fingerprint density at radius 2 is 2.00 bits per heavy atom. The smallest absolute Gasteiger partial charge is 0.311 e. The van der Waals surface area contributed by atoms with E-state index in [-0.39, 0.29) is 30.1 Å². The van der Waals surface area contributed by atoms with Crippen molar-refractivity contribution in [2.75, 3.05) is 20.8 Å². The van der Waals surface area contributed by atoms with E-state index in [0.717, 1.165) is 6.07 Å². The average Bonchev–Trinajstić information content (AvgIpc) is 2.72. The Bertz CT molecular complexity index is 856. The first-order chi connectivity index (χ1) is 13.4. The minimum atomic E-state index is -0.615. The number of rotatable bonds is 8. The molecule has 1 heterocycles. The molecule has 0 saturated carbocycles. The molecule has 1 unspecified atom stereocenters. The topological polar surface area (TPSA) is 112 Å². The minimum Gasteiger partial charge on any atom is -0.490 e. The number of esters is 1. The van der Waals surface area contributed by atoms with Crippen LogP contribution in [0.2, 0.25) is 0 Å². The number of hydrogen-bond acceptors (Lipinski definition) is 7. The van der Waals surface area contributed by atoms with Crippen LogP contribution in [0.1, 0.15) is 23.0 Å². The van der Waals surface area contributed by atoms with E-state index in [2.05, 4.69) is 4.98 Å². The zero-order valence-corrected chi connectivity index (χ0v) is 15.8. The number of nitro groups is 1. The number of carbonyl (C=O) groups is 2. The van der Waals surface area contributed by atoms with E-state index in [1.165, 1.54) is 31.3 Å². The van der Waals surface area contributed by atoms with Crippen molar-refractivity contribution in [1.29, 1.82) is 0 Å². The second kappa shape index (κ2) is 9.45. The maximum atomic E-state index is 13.1. The molecule has 0 spiro atoms. The molecular weight excluding hydrogens is 366 g/mol. The molecule has 0 aliphatic rings. The van der Waals surface area contributed by atoms with Gasteiger partial charge in [0.2, 0.25) is 0 Å². The van der Waals surface area contributed by atoms with Gasteiger partial charge in [-0.2, -0.15) is 0 Å². The Kier molecular flexibility index (Phi) is 7.02. The second-order valence-electron chi connectivity index (χ2n) is 6.07. The quantitative estimate of drug-likeness (QED) is 0.388. The van der Waals surface area contributed by atoms with Crippen LogP contribution in [0.4, 0.5) is 5.69 Å². The van der Waals surface area contributed by atoms with Gasteiger partial charge >= 0.3 is 11.7 Å². The molecule has 0 aliphatic heterocycles. The number of methoxy groups -OCH3 is 2. The third kappa shape index (κ3) is 5.03. The molecule has 0 bridgehead atoms. The number of ether oxygens (including phenoxy) is 2. The molecule has 9 nitrogen and oxygen atoms in total. The number of nitrogens with zero attached hydrogens (tertiary/aromatic N) is 3. The molecule has 2 aromatic rings. The van der Waals surface area contributed by atoms with Gasteiger partial charge in [0.15, 0.2) is 5.75 Å². The summed E-state index contributed by atoms with van der Waals surface area (Å²) in [6.45, 7) is 1.85. The van der Waals surface area contributed by atoms with E-state index in [1.54, 1.807) is 31.3 Å². The number of hydrogen-bond donors (Lipinski definition) is 0. The minimum absolute atomic E-state index is 0.0563. The van der Waals surface area contributed by atoms with Crippen LogP contribution in [0.15, 0.2) is 42.6 Å². The maximum Gasteiger partial charge on any atom is 0.311 e. The Morgan fingerprint density at radius 1 is 1.25 bits per heavy atom. The Balaban J connectivity index is 2.35. The fraction of sp³-hybridized carbons (Fsp3) is 0.316. The van der Waals surface area contributed by atoms with Crippen molar-refractivity contribution in [1.82, 2.24) is 9.88 Å². The third-order valence-electron chi connectivity index (χ3n) is 4.09. The van der Waals surface area contributed by atoms with Crippen molar-refractivity contribution in [3.8, 4) is 5.75 Å². The van der Waals surface area contributed by atoms with Crippen molar-refractivity contribution < 1.29 is 24.0 Å². The monoisotopic (exact) mass is 387 g/mol. The zero-order valence-electron chi connectivity index (χ0n) is 15.8. The summed E-state index contributed by atoms with van der Waals surface area (Å²) < 4.78 is 9.70. The molecule has 0 aliphatic carbocycles. The van der Waals surface area contributed by atoms with Crippen LogP contribution >= 0.6 is 0 Å². The van der Waals surface area contributed by atoms with Gasteiger partial charge in [0.25, 0.3) is 5.91 Å². The largest absolute Gasteiger partial charge is 0.490 e. The fourth-order valence-corrected chi connectivity index (χ4v) is 2.66. The van der Waals surface area contributed by atoms with E-state index in [1.807, 2.05) is 0 Å². The molecule has 1 amide bonds. The summed E-state index contributed by atoms with van der Waals surface area (Å²) in [5.74, 6) is -1.45. The summed E-state index contributed by atoms with van der Waals surface area (Å²) in [4.78, 5) is 41.1. The van der Waals surface area contributed by atoms with Crippen molar-refractivity contribution in [3.05, 3.63) is 64.0 Å². The van der Waals surface area contributed by atoms with Gasteiger partial charge in [-0.05, 0) is 24.3 Å². The van der Waals surface area contributed by atoms with Gasteiger partial charge < -0.3 is 14.4 Å². The second-order valence-corrected chi connectivity index (χ2v) is 6.07. The summed E-state index contributed by atoms with van der Waals surface area (Å²) in [6.07, 6.45) is 1.60. The van der Waals surface area contributed by atoms with Gasteiger partial charge in [-0.1, -0.05) is 13.0 Å². The van der Waals surface area contributed by atoms with Crippen LogP contribution in [0.5, 0.6) is 5.75 Å². The van der Waals surface area contributed by atoms with Crippen LogP contribution in [0, 0.1) is 16.0 Å². The molecule has 0 N–H and O–H groups in total. The normalized spacial score (nSPS) is 11.4. The molecule has 1 aromatic carbocycles. The lowest BCUT2D eigenvalue weighted by Gasteiger charge is -2.25. The molecular formula is C19H21N3O6. The van der Waals surface area contributed by atoms with E-state index in [9.17, 15) is 19.7 Å². The number of benzene rings is 1. The molecule has 2 rings (SSSR count). The first-order valence-corrected chi connectivity index (χ1v) is 8.46. The van der Waals surface area contributed by atoms with Crippen LogP contribution in [0.25, 0.3) is 0 Å². The van der Waals surface area contributed by atoms with Crippen molar-refractivity contribution >= 4 is 17.6 Å². The summed E-state index contributed by atoms with van der Waals surface area (Å²) in [5.41, 5.74) is 0.420. The molecule has 1 atom stereocenters. The molecule has 28 heavy (non-hydrogen) atoms. The number of aromatic nitrogens is 1. The number of nitro benzene ring substituents is 1. The predicted octanol–water partition coefficient (Wildman–Crippen LogP) is 2.45. The standard InChI is InChI=1S/C19H21N3O6/c1-13(19(24)28-3)11-21(12-15-6-4-5-9-20-15)18(23)14-7-8-17(27-2)16(10-14)22(25)26/h4-10,13H,11-12H2,1-3H3. The first kappa shape index (κ1) is 20.8. The van der Waals surface area contributed by atoms with Crippen molar-refractivity contribution in [2.24, 2.45) is 5.92 Å². The molecule has 1 aromatic heterocycles. The predicted molar refractivity (Wildman–Crippen MR) is 99.8 cm³/mol. The lowest BCUT2D eigenvalue weighted by Crippen LogP contribution is -2.37. The maximum absolute atomic E-state index is 13.1. The number of amides is 1. The summed E-state index contributed by atoms with van der Waals surface area (Å²) >= 11 is 0. The fourth-order valence-electron chi connectivity index (χ4n) is 2.66. The van der Waals surface area contributed by atoms with E-state index < -0.39 is 22.7 Å². The lowest BCUT2D eigenvalue weighted by molar-refractivity contribution is -0.385. The molecule has 148 valence electrons. The molecule has 0 fully saturated rings. The number of carbonyl (C=O) groups excluding carboxylic acids is 2. The van der Waals surface area contributed by atoms with E-state index >= 15 is 0 Å². The first-order valence-electron chi connectivity index (χ1n) is 8.46. The van der Waals surface area contributed by atoms with Gasteiger partial charge in [-0.15, -0.1) is 0 Å². The van der Waals surface area contributed by atoms with Crippen molar-refractivity contribution in [3.63, 3.8) is 0 Å². The molecule has 0 saturated heterocycles. The van der Waals surface area contributed by atoms with E-state index in [0.29, 0.717) is 5.69 Å². The van der Waals surface area contributed by atoms with Crippen molar-refractivity contribution in [2.45, 2.75) is 13.5 Å². The van der Waals surface area contributed by atoms with Gasteiger partial charge in [-0.25, -0.2) is 0 Å².